The molecular formula is C18H29BrN4O. The Morgan fingerprint density at radius 2 is 1.88 bits per heavy atom. The number of carbonyl (C=O) groups excluding carboxylic acids is 1. The van der Waals surface area contributed by atoms with Gasteiger partial charge < -0.3 is 20.4 Å². The molecule has 2 N–H and O–H groups in total. The Morgan fingerprint density at radius 1 is 1.21 bits per heavy atom. The van der Waals surface area contributed by atoms with Crippen LogP contribution < -0.4 is 10.6 Å². The van der Waals surface area contributed by atoms with E-state index in [-0.39, 0.29) is 11.9 Å². The molecule has 1 saturated heterocycles. The highest BCUT2D eigenvalue weighted by atomic mass is 79.9. The minimum absolute atomic E-state index is 0.0522. The smallest absolute Gasteiger partial charge is 0.225 e. The quantitative estimate of drug-likeness (QED) is 0.662. The molecule has 1 unspecified atom stereocenters. The number of nitrogens with zero attached hydrogens (tertiary/aromatic N) is 2. The van der Waals surface area contributed by atoms with Crippen molar-refractivity contribution in [3.63, 3.8) is 0 Å². The van der Waals surface area contributed by atoms with Crippen molar-refractivity contribution in [1.29, 1.82) is 0 Å². The van der Waals surface area contributed by atoms with Gasteiger partial charge in [0.25, 0.3) is 0 Å². The molecule has 1 fully saturated rings. The van der Waals surface area contributed by atoms with E-state index in [2.05, 4.69) is 50.3 Å². The van der Waals surface area contributed by atoms with Gasteiger partial charge >= 0.3 is 0 Å². The predicted octanol–water partition coefficient (Wildman–Crippen LogP) is 2.39. The van der Waals surface area contributed by atoms with Gasteiger partial charge in [-0.25, -0.2) is 0 Å². The Labute approximate surface area is 153 Å². The molecule has 0 bridgehead atoms. The van der Waals surface area contributed by atoms with Crippen LogP contribution in [0.15, 0.2) is 28.7 Å². The fourth-order valence-electron chi connectivity index (χ4n) is 2.82. The summed E-state index contributed by atoms with van der Waals surface area (Å²) in [5.74, 6) is 0.0522. The first-order valence-electron chi connectivity index (χ1n) is 8.72. The van der Waals surface area contributed by atoms with Crippen molar-refractivity contribution in [1.82, 2.24) is 15.1 Å². The van der Waals surface area contributed by atoms with Crippen LogP contribution >= 0.6 is 15.9 Å². The Kier molecular flexibility index (Phi) is 8.18. The molecule has 134 valence electrons. The third-order valence-electron chi connectivity index (χ3n) is 4.36. The lowest BCUT2D eigenvalue weighted by atomic mass is 10.2. The molecule has 5 nitrogen and oxygen atoms in total. The third kappa shape index (κ3) is 7.30. The lowest BCUT2D eigenvalue weighted by Gasteiger charge is -2.32. The van der Waals surface area contributed by atoms with Crippen molar-refractivity contribution in [3.05, 3.63) is 28.7 Å². The van der Waals surface area contributed by atoms with Gasteiger partial charge in [-0.2, -0.15) is 0 Å². The fraction of sp³-hybridized carbons (Fsp3) is 0.611. The maximum absolute atomic E-state index is 12.0. The second-order valence-electron chi connectivity index (χ2n) is 6.61. The summed E-state index contributed by atoms with van der Waals surface area (Å²) in [6, 6.07) is 7.84. The predicted molar refractivity (Wildman–Crippen MR) is 103 cm³/mol. The Hall–Kier alpha value is -0.950. The van der Waals surface area contributed by atoms with Gasteiger partial charge in [0.1, 0.15) is 0 Å². The van der Waals surface area contributed by atoms with E-state index in [9.17, 15) is 4.79 Å². The van der Waals surface area contributed by atoms with E-state index >= 15 is 0 Å². The molecule has 2 rings (SSSR count). The molecule has 1 aromatic rings. The van der Waals surface area contributed by atoms with Crippen LogP contribution in [0.5, 0.6) is 0 Å². The van der Waals surface area contributed by atoms with Gasteiger partial charge in [0, 0.05) is 48.8 Å². The lowest BCUT2D eigenvalue weighted by Crippen LogP contribution is -2.45. The number of likely N-dealkylation sites (N-methyl/N-ethyl adjacent to an activating group) is 1. The topological polar surface area (TPSA) is 47.6 Å². The summed E-state index contributed by atoms with van der Waals surface area (Å²) < 4.78 is 1.01. The van der Waals surface area contributed by atoms with Crippen LogP contribution in [0.4, 0.5) is 5.69 Å². The number of benzene rings is 1. The molecule has 0 aromatic heterocycles. The minimum Gasteiger partial charge on any atom is -0.326 e. The van der Waals surface area contributed by atoms with Crippen LogP contribution in [0.3, 0.4) is 0 Å². The molecule has 0 saturated carbocycles. The fourth-order valence-corrected chi connectivity index (χ4v) is 3.08. The average molecular weight is 397 g/mol. The number of anilines is 1. The Bertz CT molecular complexity index is 500. The van der Waals surface area contributed by atoms with Crippen LogP contribution in [0.1, 0.15) is 19.8 Å². The standard InChI is InChI=1S/C18H29BrN4O/c1-15(14-18(24)21-17-6-4-16(19)5-7-17)20-8-3-9-23-12-10-22(2)11-13-23/h4-7,15,20H,3,8-14H2,1-2H3,(H,21,24). The lowest BCUT2D eigenvalue weighted by molar-refractivity contribution is -0.116. The molecule has 0 spiro atoms. The van der Waals surface area contributed by atoms with Crippen molar-refractivity contribution in [2.24, 2.45) is 0 Å². The zero-order valence-corrected chi connectivity index (χ0v) is 16.3. The molecule has 1 aliphatic heterocycles. The molecule has 1 aliphatic rings. The van der Waals surface area contributed by atoms with E-state index in [1.807, 2.05) is 24.3 Å². The van der Waals surface area contributed by atoms with Crippen LogP contribution in [0.2, 0.25) is 0 Å². The zero-order chi connectivity index (χ0) is 17.4. The number of rotatable bonds is 8. The first-order chi connectivity index (χ1) is 11.5. The van der Waals surface area contributed by atoms with Crippen LogP contribution in [-0.4, -0.2) is 68.1 Å². The van der Waals surface area contributed by atoms with Crippen molar-refractivity contribution in [2.75, 3.05) is 51.6 Å². The average Bonchev–Trinajstić information content (AvgIpc) is 2.55. The Morgan fingerprint density at radius 3 is 2.54 bits per heavy atom. The molecule has 1 heterocycles. The molecule has 1 aromatic carbocycles. The number of hydrogen-bond acceptors (Lipinski definition) is 4. The summed E-state index contributed by atoms with van der Waals surface area (Å²) in [5.41, 5.74) is 0.838. The van der Waals surface area contributed by atoms with E-state index in [0.717, 1.165) is 29.7 Å². The molecule has 1 amide bonds. The van der Waals surface area contributed by atoms with E-state index in [1.54, 1.807) is 0 Å². The van der Waals surface area contributed by atoms with Gasteiger partial charge in [-0.15, -0.1) is 0 Å². The summed E-state index contributed by atoms with van der Waals surface area (Å²) in [4.78, 5) is 16.9. The van der Waals surface area contributed by atoms with Crippen LogP contribution in [-0.2, 0) is 4.79 Å². The highest BCUT2D eigenvalue weighted by molar-refractivity contribution is 9.10. The maximum Gasteiger partial charge on any atom is 0.225 e. The Balaban J connectivity index is 1.56. The summed E-state index contributed by atoms with van der Waals surface area (Å²) in [5, 5.41) is 6.38. The van der Waals surface area contributed by atoms with Gasteiger partial charge in [-0.3, -0.25) is 4.79 Å². The molecule has 0 radical (unpaired) electrons. The third-order valence-corrected chi connectivity index (χ3v) is 4.89. The van der Waals surface area contributed by atoms with Crippen LogP contribution in [0, 0.1) is 0 Å². The largest absolute Gasteiger partial charge is 0.326 e. The van der Waals surface area contributed by atoms with Gasteiger partial charge in [-0.05, 0) is 57.7 Å². The van der Waals surface area contributed by atoms with Gasteiger partial charge in [0.2, 0.25) is 5.91 Å². The number of piperazine rings is 1. The second-order valence-corrected chi connectivity index (χ2v) is 7.53. The SMILES string of the molecule is CC(CC(=O)Nc1ccc(Br)cc1)NCCCN1CCN(C)CC1. The summed E-state index contributed by atoms with van der Waals surface area (Å²) in [7, 11) is 2.18. The zero-order valence-electron chi connectivity index (χ0n) is 14.7. The first kappa shape index (κ1) is 19.4. The molecule has 0 aliphatic carbocycles. The highest BCUT2D eigenvalue weighted by Gasteiger charge is 2.13. The van der Waals surface area contributed by atoms with E-state index in [4.69, 9.17) is 0 Å². The monoisotopic (exact) mass is 396 g/mol. The van der Waals surface area contributed by atoms with E-state index in [1.165, 1.54) is 26.2 Å². The number of halogens is 1. The summed E-state index contributed by atoms with van der Waals surface area (Å²) in [6.07, 6.45) is 1.62. The van der Waals surface area contributed by atoms with E-state index < -0.39 is 0 Å². The molecule has 1 atom stereocenters. The van der Waals surface area contributed by atoms with Crippen molar-refractivity contribution in [2.45, 2.75) is 25.8 Å². The first-order valence-corrected chi connectivity index (χ1v) is 9.52. The van der Waals surface area contributed by atoms with Gasteiger partial charge in [-0.1, -0.05) is 15.9 Å². The number of carbonyl (C=O) groups is 1. The van der Waals surface area contributed by atoms with Crippen molar-refractivity contribution in [3.8, 4) is 0 Å². The molecule has 6 heteroatoms. The van der Waals surface area contributed by atoms with Crippen LogP contribution in [0.25, 0.3) is 0 Å². The van der Waals surface area contributed by atoms with Crippen molar-refractivity contribution < 1.29 is 4.79 Å². The summed E-state index contributed by atoms with van der Waals surface area (Å²) >= 11 is 3.39. The minimum atomic E-state index is 0.0522. The van der Waals surface area contributed by atoms with E-state index in [0.29, 0.717) is 6.42 Å². The second kappa shape index (κ2) is 10.1. The normalized spacial score (nSPS) is 17.6. The maximum atomic E-state index is 12.0. The van der Waals surface area contributed by atoms with Gasteiger partial charge in [0.05, 0.1) is 0 Å². The van der Waals surface area contributed by atoms with Gasteiger partial charge in [0.15, 0.2) is 0 Å². The number of hydrogen-bond donors (Lipinski definition) is 2. The highest BCUT2D eigenvalue weighted by Crippen LogP contribution is 2.14. The van der Waals surface area contributed by atoms with Crippen molar-refractivity contribution >= 4 is 27.5 Å². The molecule has 24 heavy (non-hydrogen) atoms. The summed E-state index contributed by atoms with van der Waals surface area (Å²) in [6.45, 7) is 8.83. The molecular weight excluding hydrogens is 368 g/mol. The number of amides is 1. The number of nitrogens with one attached hydrogen (secondary N) is 2.